The van der Waals surface area contributed by atoms with Gasteiger partial charge >= 0.3 is 0 Å². The molecule has 2 aromatic rings. The van der Waals surface area contributed by atoms with E-state index < -0.39 is 0 Å². The van der Waals surface area contributed by atoms with Gasteiger partial charge in [-0.1, -0.05) is 0 Å². The van der Waals surface area contributed by atoms with Crippen molar-refractivity contribution in [2.75, 3.05) is 18.5 Å². The largest absolute Gasteiger partial charge is 0.478 e. The number of ether oxygens (including phenoxy) is 1. The van der Waals surface area contributed by atoms with Crippen LogP contribution in [0.2, 0.25) is 0 Å². The number of nitrogens with two attached hydrogens (primary N) is 1. The molecule has 0 saturated carbocycles. The number of pyridine rings is 1. The summed E-state index contributed by atoms with van der Waals surface area (Å²) >= 11 is 0. The molecule has 2 rings (SSSR count). The van der Waals surface area contributed by atoms with E-state index >= 15 is 0 Å². The fourth-order valence-corrected chi connectivity index (χ4v) is 2.36. The highest BCUT2D eigenvalue weighted by Crippen LogP contribution is 2.25. The highest BCUT2D eigenvalue weighted by molar-refractivity contribution is 5.56. The predicted octanol–water partition coefficient (Wildman–Crippen LogP) is 3.07. The normalized spacial score (nSPS) is 11.2. The van der Waals surface area contributed by atoms with E-state index in [2.05, 4.69) is 42.2 Å². The molecule has 25 heavy (non-hydrogen) atoms. The quantitative estimate of drug-likeness (QED) is 0.750. The van der Waals surface area contributed by atoms with E-state index in [1.807, 2.05) is 17.7 Å². The summed E-state index contributed by atoms with van der Waals surface area (Å²) in [4.78, 5) is 4.45. The van der Waals surface area contributed by atoms with Crippen molar-refractivity contribution in [2.45, 2.75) is 46.1 Å². The third-order valence-electron chi connectivity index (χ3n) is 3.50. The van der Waals surface area contributed by atoms with Crippen molar-refractivity contribution in [1.29, 1.82) is 5.26 Å². The van der Waals surface area contributed by atoms with Gasteiger partial charge in [0, 0.05) is 12.1 Å². The Labute approximate surface area is 148 Å². The Hall–Kier alpha value is -2.59. The summed E-state index contributed by atoms with van der Waals surface area (Å²) in [6.45, 7) is 9.34. The van der Waals surface area contributed by atoms with Crippen LogP contribution in [0.4, 0.5) is 11.6 Å². The summed E-state index contributed by atoms with van der Waals surface area (Å²) in [5.74, 6) is 1.80. The third-order valence-corrected chi connectivity index (χ3v) is 3.50. The maximum Gasteiger partial charge on any atom is 0.216 e. The molecule has 0 atom stereocenters. The molecule has 2 aromatic heterocycles. The van der Waals surface area contributed by atoms with Crippen LogP contribution in [-0.4, -0.2) is 27.9 Å². The van der Waals surface area contributed by atoms with Gasteiger partial charge in [-0.15, -0.1) is 0 Å². The van der Waals surface area contributed by atoms with Crippen LogP contribution in [0.5, 0.6) is 5.88 Å². The van der Waals surface area contributed by atoms with Gasteiger partial charge in [-0.25, -0.2) is 4.68 Å². The van der Waals surface area contributed by atoms with Gasteiger partial charge in [0.15, 0.2) is 0 Å². The summed E-state index contributed by atoms with van der Waals surface area (Å²) in [6.07, 6.45) is 1.75. The lowest BCUT2D eigenvalue weighted by molar-refractivity contribution is 0.296. The topological polar surface area (TPSA) is 102 Å². The number of nitrogens with one attached hydrogen (secondary N) is 1. The third kappa shape index (κ3) is 5.19. The van der Waals surface area contributed by atoms with Crippen LogP contribution >= 0.6 is 0 Å². The first-order valence-electron chi connectivity index (χ1n) is 8.42. The Morgan fingerprint density at radius 2 is 2.04 bits per heavy atom. The Balaban J connectivity index is 2.23. The van der Waals surface area contributed by atoms with Crippen molar-refractivity contribution in [3.8, 4) is 11.9 Å². The summed E-state index contributed by atoms with van der Waals surface area (Å²) in [5.41, 5.74) is 6.71. The molecule has 0 aromatic carbocycles. The first kappa shape index (κ1) is 18.7. The van der Waals surface area contributed by atoms with Gasteiger partial charge < -0.3 is 15.8 Å². The first-order chi connectivity index (χ1) is 11.8. The second-order valence-electron chi connectivity index (χ2n) is 6.91. The van der Waals surface area contributed by atoms with Crippen molar-refractivity contribution < 1.29 is 4.74 Å². The molecule has 2 heterocycles. The van der Waals surface area contributed by atoms with E-state index in [0.717, 1.165) is 24.4 Å². The van der Waals surface area contributed by atoms with E-state index in [9.17, 15) is 5.26 Å². The number of hydrogen-bond donors (Lipinski definition) is 2. The van der Waals surface area contributed by atoms with Crippen LogP contribution in [0.25, 0.3) is 0 Å². The molecule has 0 aliphatic carbocycles. The summed E-state index contributed by atoms with van der Waals surface area (Å²) in [6, 6.07) is 7.43. The van der Waals surface area contributed by atoms with Crippen molar-refractivity contribution in [3.05, 3.63) is 29.5 Å². The average Bonchev–Trinajstić information content (AvgIpc) is 2.92. The summed E-state index contributed by atoms with van der Waals surface area (Å²) in [7, 11) is 0. The molecule has 0 saturated heterocycles. The van der Waals surface area contributed by atoms with Gasteiger partial charge in [0.05, 0.1) is 29.5 Å². The SMILES string of the molecule is Cc1cc(Nc2cc(C#N)cc(OCCCCN)n2)n(C(C)(C)C)n1. The number of aromatic nitrogens is 3. The summed E-state index contributed by atoms with van der Waals surface area (Å²) < 4.78 is 7.56. The zero-order valence-corrected chi connectivity index (χ0v) is 15.3. The lowest BCUT2D eigenvalue weighted by atomic mass is 10.1. The van der Waals surface area contributed by atoms with Gasteiger partial charge in [-0.3, -0.25) is 0 Å². The molecular formula is C18H26N6O. The molecular weight excluding hydrogens is 316 g/mol. The predicted molar refractivity (Wildman–Crippen MR) is 98.0 cm³/mol. The molecule has 0 fully saturated rings. The minimum atomic E-state index is -0.176. The molecule has 0 amide bonds. The average molecular weight is 342 g/mol. The number of hydrogen-bond acceptors (Lipinski definition) is 6. The fourth-order valence-electron chi connectivity index (χ4n) is 2.36. The second kappa shape index (κ2) is 7.99. The maximum absolute atomic E-state index is 9.25. The minimum absolute atomic E-state index is 0.176. The molecule has 7 heteroatoms. The molecule has 3 N–H and O–H groups in total. The van der Waals surface area contributed by atoms with E-state index in [1.165, 1.54) is 0 Å². The monoisotopic (exact) mass is 342 g/mol. The fraction of sp³-hybridized carbons (Fsp3) is 0.500. The first-order valence-corrected chi connectivity index (χ1v) is 8.42. The minimum Gasteiger partial charge on any atom is -0.478 e. The molecule has 0 spiro atoms. The van der Waals surface area contributed by atoms with Crippen LogP contribution in [0.1, 0.15) is 44.9 Å². The van der Waals surface area contributed by atoms with Gasteiger partial charge in [0.25, 0.3) is 0 Å². The van der Waals surface area contributed by atoms with Crippen LogP contribution in [0.3, 0.4) is 0 Å². The van der Waals surface area contributed by atoms with Crippen molar-refractivity contribution in [2.24, 2.45) is 5.73 Å². The zero-order valence-electron chi connectivity index (χ0n) is 15.3. The number of unbranched alkanes of at least 4 members (excludes halogenated alkanes) is 1. The number of rotatable bonds is 7. The van der Waals surface area contributed by atoms with E-state index in [0.29, 0.717) is 30.4 Å². The highest BCUT2D eigenvalue weighted by atomic mass is 16.5. The van der Waals surface area contributed by atoms with Crippen LogP contribution < -0.4 is 15.8 Å². The molecule has 0 bridgehead atoms. The van der Waals surface area contributed by atoms with Crippen molar-refractivity contribution in [3.63, 3.8) is 0 Å². The van der Waals surface area contributed by atoms with E-state index in [4.69, 9.17) is 10.5 Å². The van der Waals surface area contributed by atoms with Crippen molar-refractivity contribution >= 4 is 11.6 Å². The Morgan fingerprint density at radius 3 is 2.68 bits per heavy atom. The van der Waals surface area contributed by atoms with Gasteiger partial charge in [0.2, 0.25) is 5.88 Å². The highest BCUT2D eigenvalue weighted by Gasteiger charge is 2.19. The van der Waals surface area contributed by atoms with Crippen LogP contribution in [0.15, 0.2) is 18.2 Å². The number of nitriles is 1. The molecule has 0 aliphatic heterocycles. The maximum atomic E-state index is 9.25. The molecule has 7 nitrogen and oxygen atoms in total. The number of anilines is 2. The number of nitrogens with zero attached hydrogens (tertiary/aromatic N) is 4. The van der Waals surface area contributed by atoms with Crippen molar-refractivity contribution in [1.82, 2.24) is 14.8 Å². The Morgan fingerprint density at radius 1 is 1.28 bits per heavy atom. The second-order valence-corrected chi connectivity index (χ2v) is 6.91. The number of aryl methyl sites for hydroxylation is 1. The van der Waals surface area contributed by atoms with E-state index in [-0.39, 0.29) is 5.54 Å². The molecule has 0 radical (unpaired) electrons. The standard InChI is InChI=1S/C18H26N6O/c1-13-9-16(24(23-13)18(2,3)4)21-15-10-14(12-20)11-17(22-15)25-8-6-5-7-19/h9-11H,5-8,19H2,1-4H3,(H,21,22). The van der Waals surface area contributed by atoms with Gasteiger partial charge in [-0.05, 0) is 53.1 Å². The molecule has 0 unspecified atom stereocenters. The molecule has 0 aliphatic rings. The Kier molecular flexibility index (Phi) is 5.99. The lowest BCUT2D eigenvalue weighted by Gasteiger charge is -2.22. The van der Waals surface area contributed by atoms with Crippen LogP contribution in [0, 0.1) is 18.3 Å². The summed E-state index contributed by atoms with van der Waals surface area (Å²) in [5, 5.41) is 17.0. The Bertz CT molecular complexity index is 754. The van der Waals surface area contributed by atoms with Gasteiger partial charge in [0.1, 0.15) is 11.6 Å². The zero-order chi connectivity index (χ0) is 18.4. The molecule has 134 valence electrons. The smallest absolute Gasteiger partial charge is 0.216 e. The van der Waals surface area contributed by atoms with E-state index in [1.54, 1.807) is 12.1 Å². The van der Waals surface area contributed by atoms with Gasteiger partial charge in [-0.2, -0.15) is 15.3 Å². The van der Waals surface area contributed by atoms with Crippen LogP contribution in [-0.2, 0) is 5.54 Å². The lowest BCUT2D eigenvalue weighted by Crippen LogP contribution is -2.24.